The minimum atomic E-state index is 0.348. The van der Waals surface area contributed by atoms with Crippen LogP contribution in [-0.2, 0) is 6.54 Å². The molecule has 1 fully saturated rings. The number of likely N-dealkylation sites (tertiary alicyclic amines) is 1. The first kappa shape index (κ1) is 14.6. The highest BCUT2D eigenvalue weighted by Gasteiger charge is 2.29. The average Bonchev–Trinajstić information content (AvgIpc) is 3.09. The molecular formula is C17H21ClN2O. The number of halogens is 1. The van der Waals surface area contributed by atoms with Crippen molar-refractivity contribution in [1.82, 2.24) is 10.1 Å². The van der Waals surface area contributed by atoms with E-state index in [1.54, 1.807) is 0 Å². The molecule has 0 spiro atoms. The van der Waals surface area contributed by atoms with Crippen LogP contribution in [0.4, 0.5) is 0 Å². The zero-order valence-electron chi connectivity index (χ0n) is 12.6. The summed E-state index contributed by atoms with van der Waals surface area (Å²) < 4.78 is 5.58. The second-order valence-electron chi connectivity index (χ2n) is 6.06. The Hall–Kier alpha value is -1.32. The van der Waals surface area contributed by atoms with Gasteiger partial charge in [-0.05, 0) is 43.0 Å². The molecule has 1 aromatic heterocycles. The van der Waals surface area contributed by atoms with Crippen molar-refractivity contribution in [1.29, 1.82) is 0 Å². The van der Waals surface area contributed by atoms with Crippen molar-refractivity contribution in [3.63, 3.8) is 0 Å². The summed E-state index contributed by atoms with van der Waals surface area (Å²) in [4.78, 5) is 2.47. The Labute approximate surface area is 130 Å². The summed E-state index contributed by atoms with van der Waals surface area (Å²) >= 11 is 5.95. The van der Waals surface area contributed by atoms with Gasteiger partial charge in [0.05, 0.1) is 11.7 Å². The van der Waals surface area contributed by atoms with Gasteiger partial charge in [-0.2, -0.15) is 0 Å². The topological polar surface area (TPSA) is 29.3 Å². The molecule has 0 N–H and O–H groups in total. The quantitative estimate of drug-likeness (QED) is 0.813. The van der Waals surface area contributed by atoms with E-state index in [2.05, 4.69) is 42.1 Å². The van der Waals surface area contributed by atoms with Crippen LogP contribution in [0.15, 0.2) is 34.9 Å². The Morgan fingerprint density at radius 2 is 2.10 bits per heavy atom. The van der Waals surface area contributed by atoms with E-state index in [4.69, 9.17) is 16.1 Å². The van der Waals surface area contributed by atoms with Gasteiger partial charge in [-0.25, -0.2) is 0 Å². The molecule has 0 radical (unpaired) electrons. The zero-order valence-corrected chi connectivity index (χ0v) is 13.3. The summed E-state index contributed by atoms with van der Waals surface area (Å²) in [6.07, 6.45) is 2.34. The maximum absolute atomic E-state index is 5.95. The molecule has 3 nitrogen and oxygen atoms in total. The van der Waals surface area contributed by atoms with Crippen LogP contribution < -0.4 is 0 Å². The Kier molecular flexibility index (Phi) is 4.32. The van der Waals surface area contributed by atoms with Crippen LogP contribution >= 0.6 is 11.6 Å². The molecule has 0 amide bonds. The first-order valence-electron chi connectivity index (χ1n) is 7.58. The van der Waals surface area contributed by atoms with Crippen molar-refractivity contribution < 1.29 is 4.52 Å². The highest BCUT2D eigenvalue weighted by Crippen LogP contribution is 2.34. The number of hydrogen-bond donors (Lipinski definition) is 0. The van der Waals surface area contributed by atoms with Gasteiger partial charge in [-0.3, -0.25) is 4.90 Å². The van der Waals surface area contributed by atoms with E-state index in [1.165, 1.54) is 12.0 Å². The molecule has 112 valence electrons. The van der Waals surface area contributed by atoms with Crippen LogP contribution in [0.5, 0.6) is 0 Å². The van der Waals surface area contributed by atoms with E-state index in [-0.39, 0.29) is 0 Å². The molecule has 2 heterocycles. The van der Waals surface area contributed by atoms with Crippen LogP contribution in [0.25, 0.3) is 0 Å². The maximum Gasteiger partial charge on any atom is 0.154 e. The van der Waals surface area contributed by atoms with Crippen LogP contribution in [0, 0.1) is 0 Å². The Morgan fingerprint density at radius 3 is 2.76 bits per heavy atom. The van der Waals surface area contributed by atoms with E-state index in [9.17, 15) is 0 Å². The molecule has 1 atom stereocenters. The lowest BCUT2D eigenvalue weighted by Crippen LogP contribution is -2.22. The van der Waals surface area contributed by atoms with Gasteiger partial charge in [-0.15, -0.1) is 0 Å². The van der Waals surface area contributed by atoms with Crippen molar-refractivity contribution >= 4 is 11.6 Å². The summed E-state index contributed by atoms with van der Waals surface area (Å²) in [6.45, 7) is 6.31. The second-order valence-corrected chi connectivity index (χ2v) is 6.50. The van der Waals surface area contributed by atoms with Crippen molar-refractivity contribution in [2.75, 3.05) is 6.54 Å². The van der Waals surface area contributed by atoms with Crippen LogP contribution in [0.2, 0.25) is 5.02 Å². The van der Waals surface area contributed by atoms with Crippen molar-refractivity contribution in [2.24, 2.45) is 0 Å². The highest BCUT2D eigenvalue weighted by molar-refractivity contribution is 6.30. The summed E-state index contributed by atoms with van der Waals surface area (Å²) in [5, 5.41) is 4.98. The van der Waals surface area contributed by atoms with E-state index >= 15 is 0 Å². The predicted octanol–water partition coefficient (Wildman–Crippen LogP) is 4.79. The van der Waals surface area contributed by atoms with Gasteiger partial charge in [-0.1, -0.05) is 42.7 Å². The highest BCUT2D eigenvalue weighted by atomic mass is 35.5. The van der Waals surface area contributed by atoms with Gasteiger partial charge >= 0.3 is 0 Å². The summed E-state index contributed by atoms with van der Waals surface area (Å²) in [6, 6.07) is 10.6. The summed E-state index contributed by atoms with van der Waals surface area (Å²) in [7, 11) is 0. The minimum Gasteiger partial charge on any atom is -0.359 e. The molecule has 4 heteroatoms. The fourth-order valence-corrected chi connectivity index (χ4v) is 3.02. The molecule has 1 saturated heterocycles. The summed E-state index contributed by atoms with van der Waals surface area (Å²) in [5.74, 6) is 1.42. The molecule has 1 aliphatic heterocycles. The van der Waals surface area contributed by atoms with Crippen LogP contribution in [0.1, 0.15) is 55.7 Å². The largest absolute Gasteiger partial charge is 0.359 e. The Balaban J connectivity index is 1.74. The lowest BCUT2D eigenvalue weighted by molar-refractivity contribution is 0.206. The number of aromatic nitrogens is 1. The third kappa shape index (κ3) is 3.30. The number of benzene rings is 1. The van der Waals surface area contributed by atoms with E-state index < -0.39 is 0 Å². The molecule has 0 bridgehead atoms. The van der Waals surface area contributed by atoms with Crippen LogP contribution in [-0.4, -0.2) is 16.6 Å². The number of rotatable bonds is 4. The molecule has 0 unspecified atom stereocenters. The van der Waals surface area contributed by atoms with Gasteiger partial charge in [0.1, 0.15) is 0 Å². The van der Waals surface area contributed by atoms with E-state index in [0.29, 0.717) is 12.0 Å². The Morgan fingerprint density at radius 1 is 1.33 bits per heavy atom. The first-order chi connectivity index (χ1) is 10.1. The molecule has 1 aliphatic rings. The molecule has 0 aliphatic carbocycles. The zero-order chi connectivity index (χ0) is 14.8. The Bertz CT molecular complexity index is 591. The van der Waals surface area contributed by atoms with E-state index in [1.807, 2.05) is 12.1 Å². The molecule has 2 aromatic rings. The molecule has 21 heavy (non-hydrogen) atoms. The van der Waals surface area contributed by atoms with Crippen molar-refractivity contribution in [2.45, 2.75) is 45.2 Å². The predicted molar refractivity (Wildman–Crippen MR) is 84.4 cm³/mol. The maximum atomic E-state index is 5.95. The first-order valence-corrected chi connectivity index (χ1v) is 7.96. The standard InChI is InChI=1S/C17H21ClN2O/c1-12(2)15-10-17(21-19-15)16-4-3-9-20(16)11-13-5-7-14(18)8-6-13/h5-8,10,12,16H,3-4,9,11H2,1-2H3/t16-/m0/s1. The summed E-state index contributed by atoms with van der Waals surface area (Å²) in [5.41, 5.74) is 2.33. The third-order valence-electron chi connectivity index (χ3n) is 4.13. The minimum absolute atomic E-state index is 0.348. The van der Waals surface area contributed by atoms with Gasteiger partial charge in [0.15, 0.2) is 5.76 Å². The fourth-order valence-electron chi connectivity index (χ4n) is 2.89. The fraction of sp³-hybridized carbons (Fsp3) is 0.471. The van der Waals surface area contributed by atoms with Crippen LogP contribution in [0.3, 0.4) is 0 Å². The van der Waals surface area contributed by atoms with Gasteiger partial charge in [0.25, 0.3) is 0 Å². The number of nitrogens with zero attached hydrogens (tertiary/aromatic N) is 2. The SMILES string of the molecule is CC(C)c1cc([C@@H]2CCCN2Cc2ccc(Cl)cc2)on1. The molecule has 0 saturated carbocycles. The second kappa shape index (κ2) is 6.20. The van der Waals surface area contributed by atoms with Gasteiger partial charge < -0.3 is 4.52 Å². The lowest BCUT2D eigenvalue weighted by Gasteiger charge is -2.22. The molecular weight excluding hydrogens is 284 g/mol. The smallest absolute Gasteiger partial charge is 0.154 e. The third-order valence-corrected chi connectivity index (χ3v) is 4.38. The monoisotopic (exact) mass is 304 g/mol. The number of hydrogen-bond acceptors (Lipinski definition) is 3. The van der Waals surface area contributed by atoms with Gasteiger partial charge in [0.2, 0.25) is 0 Å². The molecule has 1 aromatic carbocycles. The average molecular weight is 305 g/mol. The van der Waals surface area contributed by atoms with E-state index in [0.717, 1.165) is 36.0 Å². The lowest BCUT2D eigenvalue weighted by atomic mass is 10.1. The van der Waals surface area contributed by atoms with Crippen molar-refractivity contribution in [3.8, 4) is 0 Å². The van der Waals surface area contributed by atoms with Crippen molar-refractivity contribution in [3.05, 3.63) is 52.4 Å². The normalized spacial score (nSPS) is 19.5. The van der Waals surface area contributed by atoms with Gasteiger partial charge in [0, 0.05) is 17.6 Å². The molecule has 3 rings (SSSR count).